The third-order valence-corrected chi connectivity index (χ3v) is 6.36. The molecule has 1 aliphatic rings. The number of esters is 1. The molecule has 216 valence electrons. The molecule has 3 rings (SSSR count). The van der Waals surface area contributed by atoms with Crippen LogP contribution in [0.4, 0.5) is 13.2 Å². The molecule has 0 unspecified atom stereocenters. The Labute approximate surface area is 228 Å². The van der Waals surface area contributed by atoms with Crippen LogP contribution in [0.15, 0.2) is 36.4 Å². The third-order valence-electron chi connectivity index (χ3n) is 6.36. The molecule has 0 N–H and O–H groups in total. The molecule has 7 nitrogen and oxygen atoms in total. The van der Waals surface area contributed by atoms with Crippen LogP contribution >= 0.6 is 0 Å². The van der Waals surface area contributed by atoms with Crippen molar-refractivity contribution in [3.05, 3.63) is 53.1 Å². The van der Waals surface area contributed by atoms with Crippen LogP contribution in [0.5, 0.6) is 17.2 Å². The lowest BCUT2D eigenvalue weighted by Crippen LogP contribution is -2.45. The summed E-state index contributed by atoms with van der Waals surface area (Å²) in [4.78, 5) is 17.0. The van der Waals surface area contributed by atoms with E-state index in [1.54, 1.807) is 32.9 Å². The molecule has 0 atom stereocenters. The lowest BCUT2D eigenvalue weighted by Gasteiger charge is -2.35. The maximum Gasteiger partial charge on any atom is 0.416 e. The van der Waals surface area contributed by atoms with Crippen LogP contribution in [-0.2, 0) is 28.8 Å². The van der Waals surface area contributed by atoms with Gasteiger partial charge in [-0.2, -0.15) is 13.2 Å². The van der Waals surface area contributed by atoms with Gasteiger partial charge in [-0.15, -0.1) is 0 Å². The Morgan fingerprint density at radius 1 is 0.795 bits per heavy atom. The predicted octanol–water partition coefficient (Wildman–Crippen LogP) is 5.54. The minimum atomic E-state index is -4.32. The topological polar surface area (TPSA) is 60.5 Å². The van der Waals surface area contributed by atoms with Gasteiger partial charge in [-0.25, -0.2) is 4.79 Å². The van der Waals surface area contributed by atoms with Crippen LogP contribution in [0.25, 0.3) is 0 Å². The normalized spacial score (nSPS) is 15.2. The summed E-state index contributed by atoms with van der Waals surface area (Å²) in [5.41, 5.74) is -0.0202. The van der Waals surface area contributed by atoms with E-state index >= 15 is 0 Å². The first-order valence-corrected chi connectivity index (χ1v) is 13.4. The van der Waals surface area contributed by atoms with Gasteiger partial charge in [-0.05, 0) is 70.0 Å². The Hall–Kier alpha value is -2.98. The van der Waals surface area contributed by atoms with E-state index in [0.717, 1.165) is 49.4 Å². The van der Waals surface area contributed by atoms with Gasteiger partial charge in [0.2, 0.25) is 11.4 Å². The van der Waals surface area contributed by atoms with Crippen molar-refractivity contribution in [1.29, 1.82) is 0 Å². The van der Waals surface area contributed by atoms with Crippen molar-refractivity contribution in [3.63, 3.8) is 0 Å². The highest BCUT2D eigenvalue weighted by Gasteiger charge is 2.34. The zero-order valence-corrected chi connectivity index (χ0v) is 23.4. The van der Waals surface area contributed by atoms with Gasteiger partial charge >= 0.3 is 12.1 Å². The summed E-state index contributed by atoms with van der Waals surface area (Å²) in [6.45, 7) is 14.3. The molecule has 0 radical (unpaired) electrons. The third kappa shape index (κ3) is 8.50. The van der Waals surface area contributed by atoms with Crippen LogP contribution in [-0.4, -0.2) is 67.4 Å². The Kier molecular flexibility index (Phi) is 10.5. The average Bonchev–Trinajstić information content (AvgIpc) is 2.87. The first kappa shape index (κ1) is 30.6. The van der Waals surface area contributed by atoms with Crippen LogP contribution in [0.2, 0.25) is 0 Å². The summed E-state index contributed by atoms with van der Waals surface area (Å²) >= 11 is 0. The van der Waals surface area contributed by atoms with Crippen molar-refractivity contribution >= 4 is 5.97 Å². The standard InChI is InChI=1S/C29H39F3N2O5/c1-6-36-24-17-22(18-25(37-7-2)26(24)39-28(4,5)27(35)38-8-3)20-34-15-13-33(14-16-34)19-21-9-11-23(12-10-21)29(30,31)32/h9-12,17-18H,6-8,13-16,19-20H2,1-5H3. The van der Waals surface area contributed by atoms with Crippen molar-refractivity contribution in [3.8, 4) is 17.2 Å². The first-order chi connectivity index (χ1) is 18.5. The highest BCUT2D eigenvalue weighted by Crippen LogP contribution is 2.41. The smallest absolute Gasteiger partial charge is 0.416 e. The fraction of sp³-hybridized carbons (Fsp3) is 0.552. The molecule has 0 bridgehead atoms. The number of hydrogen-bond donors (Lipinski definition) is 0. The van der Waals surface area contributed by atoms with E-state index in [4.69, 9.17) is 18.9 Å². The molecule has 39 heavy (non-hydrogen) atoms. The molecule has 0 aromatic heterocycles. The predicted molar refractivity (Wildman–Crippen MR) is 142 cm³/mol. The van der Waals surface area contributed by atoms with Crippen molar-refractivity contribution in [2.24, 2.45) is 0 Å². The number of carbonyl (C=O) groups is 1. The van der Waals surface area contributed by atoms with Crippen LogP contribution in [0.3, 0.4) is 0 Å². The van der Waals surface area contributed by atoms with Crippen LogP contribution in [0.1, 0.15) is 51.3 Å². The van der Waals surface area contributed by atoms with Gasteiger partial charge in [0.1, 0.15) is 0 Å². The molecule has 0 amide bonds. The summed E-state index contributed by atoms with van der Waals surface area (Å²) in [6, 6.07) is 9.20. The molecule has 0 saturated carbocycles. The van der Waals surface area contributed by atoms with Gasteiger partial charge in [0.15, 0.2) is 11.5 Å². The van der Waals surface area contributed by atoms with Crippen molar-refractivity contribution < 1.29 is 36.9 Å². The Morgan fingerprint density at radius 2 is 1.28 bits per heavy atom. The minimum Gasteiger partial charge on any atom is -0.490 e. The maximum atomic E-state index is 12.8. The quantitative estimate of drug-likeness (QED) is 0.321. The fourth-order valence-electron chi connectivity index (χ4n) is 4.37. The van der Waals surface area contributed by atoms with E-state index in [2.05, 4.69) is 9.80 Å². The van der Waals surface area contributed by atoms with E-state index in [1.165, 1.54) is 0 Å². The second-order valence-electron chi connectivity index (χ2n) is 9.87. The van der Waals surface area contributed by atoms with E-state index in [9.17, 15) is 18.0 Å². The van der Waals surface area contributed by atoms with Gasteiger partial charge in [0.05, 0.1) is 25.4 Å². The maximum absolute atomic E-state index is 12.8. The Balaban J connectivity index is 1.68. The average molecular weight is 553 g/mol. The molecule has 1 aliphatic heterocycles. The van der Waals surface area contributed by atoms with Gasteiger partial charge in [0, 0.05) is 39.3 Å². The fourth-order valence-corrected chi connectivity index (χ4v) is 4.37. The highest BCUT2D eigenvalue weighted by molar-refractivity contribution is 5.79. The molecular formula is C29H39F3N2O5. The summed E-state index contributed by atoms with van der Waals surface area (Å²) in [6.07, 6.45) is -4.32. The number of piperazine rings is 1. The largest absolute Gasteiger partial charge is 0.490 e. The zero-order valence-electron chi connectivity index (χ0n) is 23.4. The van der Waals surface area contributed by atoms with Crippen LogP contribution < -0.4 is 14.2 Å². The highest BCUT2D eigenvalue weighted by atomic mass is 19.4. The molecule has 1 saturated heterocycles. The van der Waals surface area contributed by atoms with Gasteiger partial charge in [-0.3, -0.25) is 9.80 Å². The number of benzene rings is 2. The SMILES string of the molecule is CCOC(=O)C(C)(C)Oc1c(OCC)cc(CN2CCN(Cc3ccc(C(F)(F)F)cc3)CC2)cc1OCC. The molecule has 2 aromatic carbocycles. The number of ether oxygens (including phenoxy) is 4. The number of rotatable bonds is 12. The molecule has 0 aliphatic carbocycles. The lowest BCUT2D eigenvalue weighted by molar-refractivity contribution is -0.158. The minimum absolute atomic E-state index is 0.249. The van der Waals surface area contributed by atoms with E-state index in [1.807, 2.05) is 26.0 Å². The van der Waals surface area contributed by atoms with E-state index in [0.29, 0.717) is 43.6 Å². The number of hydrogen-bond acceptors (Lipinski definition) is 7. The number of carbonyl (C=O) groups excluding carboxylic acids is 1. The van der Waals surface area contributed by atoms with Crippen molar-refractivity contribution in [2.45, 2.75) is 59.5 Å². The summed E-state index contributed by atoms with van der Waals surface area (Å²) in [5, 5.41) is 0. The number of alkyl halides is 3. The van der Waals surface area contributed by atoms with E-state index in [-0.39, 0.29) is 6.61 Å². The second kappa shape index (κ2) is 13.4. The molecular weight excluding hydrogens is 513 g/mol. The second-order valence-corrected chi connectivity index (χ2v) is 9.87. The molecule has 2 aromatic rings. The molecule has 0 spiro atoms. The monoisotopic (exact) mass is 552 g/mol. The number of halogens is 3. The first-order valence-electron chi connectivity index (χ1n) is 13.4. The zero-order chi connectivity index (χ0) is 28.6. The summed E-state index contributed by atoms with van der Waals surface area (Å²) in [7, 11) is 0. The molecule has 1 fully saturated rings. The van der Waals surface area contributed by atoms with Gasteiger partial charge in [-0.1, -0.05) is 12.1 Å². The molecule has 10 heteroatoms. The van der Waals surface area contributed by atoms with Crippen molar-refractivity contribution in [1.82, 2.24) is 9.80 Å². The molecule has 1 heterocycles. The van der Waals surface area contributed by atoms with Crippen molar-refractivity contribution in [2.75, 3.05) is 46.0 Å². The van der Waals surface area contributed by atoms with Gasteiger partial charge in [0.25, 0.3) is 0 Å². The summed E-state index contributed by atoms with van der Waals surface area (Å²) in [5.74, 6) is 0.878. The number of nitrogens with zero attached hydrogens (tertiary/aromatic N) is 2. The summed E-state index contributed by atoms with van der Waals surface area (Å²) < 4.78 is 61.6. The Morgan fingerprint density at radius 3 is 1.72 bits per heavy atom. The Bertz CT molecular complexity index is 1050. The lowest BCUT2D eigenvalue weighted by atomic mass is 10.1. The van der Waals surface area contributed by atoms with Gasteiger partial charge < -0.3 is 18.9 Å². The van der Waals surface area contributed by atoms with E-state index < -0.39 is 23.3 Å². The van der Waals surface area contributed by atoms with Crippen LogP contribution in [0, 0.1) is 0 Å².